The van der Waals surface area contributed by atoms with Crippen molar-refractivity contribution in [2.24, 2.45) is 9.98 Å². The third-order valence-corrected chi connectivity index (χ3v) is 2.28. The molecule has 0 amide bonds. The third kappa shape index (κ3) is 2.51. The van der Waals surface area contributed by atoms with Crippen LogP contribution >= 0.6 is 0 Å². The summed E-state index contributed by atoms with van der Waals surface area (Å²) in [4.78, 5) is 20.4. The van der Waals surface area contributed by atoms with Crippen LogP contribution in [0.3, 0.4) is 0 Å². The Balaban J connectivity index is 0.00000144. The Morgan fingerprint density at radius 2 is 1.31 bits per heavy atom. The molecule has 0 saturated carbocycles. The molecule has 0 N–H and O–H groups in total. The van der Waals surface area contributed by atoms with Crippen LogP contribution in [0.1, 0.15) is 2.85 Å². The maximum absolute atomic E-state index is 12.1. The normalized spacial score (nSPS) is 26.8. The van der Waals surface area contributed by atoms with E-state index in [2.05, 4.69) is 9.98 Å². The van der Waals surface area contributed by atoms with Crippen LogP contribution in [-0.4, -0.2) is 30.3 Å². The largest absolute Gasteiger partial charge is 1.00 e. The summed E-state index contributed by atoms with van der Waals surface area (Å²) in [5.41, 5.74) is 0. The molecule has 2 heterocycles. The van der Waals surface area contributed by atoms with Gasteiger partial charge >= 0.3 is 2.85 Å². The van der Waals surface area contributed by atoms with Crippen molar-refractivity contribution in [2.75, 3.05) is 0 Å². The molecule has 0 aromatic heterocycles. The van der Waals surface area contributed by atoms with E-state index in [9.17, 15) is 4.79 Å². The minimum absolute atomic E-state index is 0. The standard InChI is InChI=1S/C13H12N2O/c16-13(11-7-3-1-5-9-14-11)12-8-4-2-6-10-15-12/h1-12H/p+2. The summed E-state index contributed by atoms with van der Waals surface area (Å²) in [5, 5.41) is 0. The number of carbonyl (C=O) groups excluding carboxylic acids is 1. The second-order valence-electron chi connectivity index (χ2n) is 3.43. The molecule has 0 fully saturated rings. The van der Waals surface area contributed by atoms with E-state index in [4.69, 9.17) is 0 Å². The summed E-state index contributed by atoms with van der Waals surface area (Å²) < 4.78 is 0. The molecule has 0 radical (unpaired) electrons. The molecule has 80 valence electrons. The number of hydrogen-bond acceptors (Lipinski definition) is 3. The van der Waals surface area contributed by atoms with Crippen LogP contribution < -0.4 is 0 Å². The Bertz CT molecular complexity index is 376. The number of allylic oxidation sites excluding steroid dienone is 6. The Morgan fingerprint density at radius 1 is 0.812 bits per heavy atom. The Kier molecular flexibility index (Phi) is 3.38. The van der Waals surface area contributed by atoms with E-state index in [0.717, 1.165) is 0 Å². The first kappa shape index (κ1) is 10.5. The molecule has 3 heteroatoms. The predicted octanol–water partition coefficient (Wildman–Crippen LogP) is 1.91. The zero-order chi connectivity index (χ0) is 11.2. The number of carbonyl (C=O) groups is 1. The minimum atomic E-state index is -0.431. The van der Waals surface area contributed by atoms with Gasteiger partial charge in [0, 0.05) is 12.4 Å². The van der Waals surface area contributed by atoms with Crippen LogP contribution in [0.4, 0.5) is 0 Å². The molecule has 0 aliphatic carbocycles. The lowest BCUT2D eigenvalue weighted by atomic mass is 10.1. The lowest BCUT2D eigenvalue weighted by molar-refractivity contribution is -0.119. The van der Waals surface area contributed by atoms with Crippen molar-refractivity contribution in [2.45, 2.75) is 12.1 Å². The number of hydrogen-bond donors (Lipinski definition) is 0. The van der Waals surface area contributed by atoms with Gasteiger partial charge in [-0.25, -0.2) is 0 Å². The maximum Gasteiger partial charge on any atom is 1.00 e. The first-order valence-corrected chi connectivity index (χ1v) is 5.15. The maximum atomic E-state index is 12.1. The monoisotopic (exact) mass is 214 g/mol. The smallest absolute Gasteiger partial charge is 0.294 e. The highest BCUT2D eigenvalue weighted by Crippen LogP contribution is 2.08. The number of Topliss-reactive ketones (excluding diaryl/α,β-unsaturated/α-hetero) is 1. The first-order valence-electron chi connectivity index (χ1n) is 5.15. The fourth-order valence-corrected chi connectivity index (χ4v) is 1.46. The summed E-state index contributed by atoms with van der Waals surface area (Å²) >= 11 is 0. The first-order chi connectivity index (χ1) is 7.88. The van der Waals surface area contributed by atoms with Gasteiger partial charge < -0.3 is 0 Å². The molecule has 0 spiro atoms. The number of aliphatic imine (C=N–C) groups is 2. The Labute approximate surface area is 97.3 Å². The van der Waals surface area contributed by atoms with Gasteiger partial charge in [0.1, 0.15) is 12.1 Å². The van der Waals surface area contributed by atoms with Crippen LogP contribution in [-0.2, 0) is 4.79 Å². The van der Waals surface area contributed by atoms with E-state index in [1.165, 1.54) is 0 Å². The van der Waals surface area contributed by atoms with Crippen LogP contribution in [0.25, 0.3) is 0 Å². The second-order valence-corrected chi connectivity index (χ2v) is 3.43. The van der Waals surface area contributed by atoms with Gasteiger partial charge in [0.25, 0.3) is 0 Å². The molecule has 16 heavy (non-hydrogen) atoms. The van der Waals surface area contributed by atoms with Crippen molar-refractivity contribution < 1.29 is 7.65 Å². The van der Waals surface area contributed by atoms with E-state index in [1.807, 2.05) is 24.3 Å². The van der Waals surface area contributed by atoms with Crippen molar-refractivity contribution in [3.8, 4) is 0 Å². The molecular weight excluding hydrogens is 200 g/mol. The summed E-state index contributed by atoms with van der Waals surface area (Å²) in [6, 6.07) is -0.861. The molecule has 0 saturated heterocycles. The van der Waals surface area contributed by atoms with Crippen LogP contribution in [0.15, 0.2) is 58.6 Å². The van der Waals surface area contributed by atoms with Crippen molar-refractivity contribution in [1.82, 2.24) is 0 Å². The summed E-state index contributed by atoms with van der Waals surface area (Å²) in [7, 11) is 0. The predicted molar refractivity (Wildman–Crippen MR) is 68.4 cm³/mol. The number of ketones is 1. The van der Waals surface area contributed by atoms with Gasteiger partial charge in [-0.1, -0.05) is 36.5 Å². The minimum Gasteiger partial charge on any atom is -0.294 e. The van der Waals surface area contributed by atoms with Crippen molar-refractivity contribution in [3.05, 3.63) is 48.6 Å². The van der Waals surface area contributed by atoms with Crippen LogP contribution in [0.2, 0.25) is 0 Å². The van der Waals surface area contributed by atoms with Crippen LogP contribution in [0, 0.1) is 0 Å². The Hall–Kier alpha value is -2.03. The molecular formula is C13H14N2O+2. The van der Waals surface area contributed by atoms with E-state index in [1.54, 1.807) is 36.7 Å². The van der Waals surface area contributed by atoms with Gasteiger partial charge in [-0.15, -0.1) is 0 Å². The highest BCUT2D eigenvalue weighted by molar-refractivity contribution is 5.95. The third-order valence-electron chi connectivity index (χ3n) is 2.28. The van der Waals surface area contributed by atoms with E-state index in [0.29, 0.717) is 0 Å². The summed E-state index contributed by atoms with van der Waals surface area (Å²) in [6.07, 6.45) is 17.8. The SMILES string of the molecule is O=C(C1C=CC=CC=N1)C1C=CC=CC=N1.[H+].[H+]. The fraction of sp³-hybridized carbons (Fsp3) is 0.154. The molecule has 2 rings (SSSR count). The van der Waals surface area contributed by atoms with Crippen molar-refractivity contribution in [1.29, 1.82) is 0 Å². The van der Waals surface area contributed by atoms with Gasteiger partial charge in [0.15, 0.2) is 5.78 Å². The van der Waals surface area contributed by atoms with Gasteiger partial charge in [0.05, 0.1) is 0 Å². The molecule has 0 aromatic rings. The summed E-state index contributed by atoms with van der Waals surface area (Å²) in [5.74, 6) is -0.00704. The van der Waals surface area contributed by atoms with E-state index >= 15 is 0 Å². The molecule has 2 atom stereocenters. The van der Waals surface area contributed by atoms with Gasteiger partial charge in [-0.05, 0) is 12.2 Å². The molecule has 0 aromatic carbocycles. The molecule has 2 aliphatic rings. The van der Waals surface area contributed by atoms with Gasteiger partial charge in [-0.2, -0.15) is 0 Å². The average Bonchev–Trinajstić information content (AvgIpc) is 2.73. The van der Waals surface area contributed by atoms with E-state index in [-0.39, 0.29) is 8.64 Å². The van der Waals surface area contributed by atoms with Gasteiger partial charge in [-0.3, -0.25) is 14.8 Å². The van der Waals surface area contributed by atoms with Crippen molar-refractivity contribution in [3.63, 3.8) is 0 Å². The highest BCUT2D eigenvalue weighted by atomic mass is 16.1. The zero-order valence-corrected chi connectivity index (χ0v) is 8.73. The average molecular weight is 214 g/mol. The van der Waals surface area contributed by atoms with E-state index < -0.39 is 12.1 Å². The van der Waals surface area contributed by atoms with Crippen molar-refractivity contribution >= 4 is 18.2 Å². The fourth-order valence-electron chi connectivity index (χ4n) is 1.46. The highest BCUT2D eigenvalue weighted by Gasteiger charge is 2.21. The quantitative estimate of drug-likeness (QED) is 0.692. The van der Waals surface area contributed by atoms with Gasteiger partial charge in [0.2, 0.25) is 0 Å². The lowest BCUT2D eigenvalue weighted by Crippen LogP contribution is -2.27. The molecule has 2 aliphatic heterocycles. The molecule has 2 unspecified atom stereocenters. The zero-order valence-electron chi connectivity index (χ0n) is 10.7. The number of nitrogens with zero attached hydrogens (tertiary/aromatic N) is 2. The summed E-state index contributed by atoms with van der Waals surface area (Å²) in [6.45, 7) is 0. The van der Waals surface area contributed by atoms with Crippen LogP contribution in [0.5, 0.6) is 0 Å². The molecule has 3 nitrogen and oxygen atoms in total. The topological polar surface area (TPSA) is 41.8 Å². The molecule has 0 bridgehead atoms. The Morgan fingerprint density at radius 3 is 1.81 bits per heavy atom. The lowest BCUT2D eigenvalue weighted by Gasteiger charge is -2.09. The second kappa shape index (κ2) is 5.16. The number of rotatable bonds is 2.